The van der Waals surface area contributed by atoms with Gasteiger partial charge in [-0.1, -0.05) is 19.9 Å². The number of sulfonamides is 1. The number of benzene rings is 1. The zero-order chi connectivity index (χ0) is 26.6. The second-order valence-corrected chi connectivity index (χ2v) is 10.7. The van der Waals surface area contributed by atoms with E-state index in [0.29, 0.717) is 35.9 Å². The molecule has 1 aromatic carbocycles. The van der Waals surface area contributed by atoms with Gasteiger partial charge in [-0.05, 0) is 49.2 Å². The molecule has 1 unspecified atom stereocenters. The van der Waals surface area contributed by atoms with Gasteiger partial charge in [0, 0.05) is 30.4 Å². The van der Waals surface area contributed by atoms with Gasteiger partial charge in [-0.2, -0.15) is 8.42 Å². The molecule has 1 N–H and O–H groups in total. The zero-order valence-corrected chi connectivity index (χ0v) is 21.5. The lowest BCUT2D eigenvalue weighted by molar-refractivity contribution is -0.0727. The van der Waals surface area contributed by atoms with Gasteiger partial charge in [-0.15, -0.1) is 0 Å². The van der Waals surface area contributed by atoms with Crippen LogP contribution >= 0.6 is 0 Å². The molecule has 196 valence electrons. The molecule has 37 heavy (non-hydrogen) atoms. The van der Waals surface area contributed by atoms with E-state index in [0.717, 1.165) is 6.42 Å². The molecule has 1 fully saturated rings. The number of rotatable bonds is 10. The predicted octanol–water partition coefficient (Wildman–Crippen LogP) is 3.91. The zero-order valence-electron chi connectivity index (χ0n) is 20.7. The fourth-order valence-corrected chi connectivity index (χ4v) is 4.41. The molecule has 11 heteroatoms. The maximum absolute atomic E-state index is 14.3. The average Bonchev–Trinajstić information content (AvgIpc) is 2.81. The van der Waals surface area contributed by atoms with Crippen molar-refractivity contribution in [2.75, 3.05) is 19.8 Å². The molecule has 2 aromatic heterocycles. The van der Waals surface area contributed by atoms with E-state index in [9.17, 15) is 17.6 Å². The lowest BCUT2D eigenvalue weighted by Crippen LogP contribution is -2.34. The van der Waals surface area contributed by atoms with Crippen molar-refractivity contribution in [1.82, 2.24) is 14.7 Å². The van der Waals surface area contributed by atoms with Crippen molar-refractivity contribution in [3.63, 3.8) is 0 Å². The first-order chi connectivity index (χ1) is 17.6. The molecular formula is C26H28FN3O6S. The SMILES string of the molecule is Cc1cccc(S(=O)(=O)NC(=O)c2ccc(-c3cc(F)cc(OCC(C)C)c3)nc2OCC2CCO2)n1. The minimum Gasteiger partial charge on any atom is -0.493 e. The Morgan fingerprint density at radius 2 is 1.95 bits per heavy atom. The lowest BCUT2D eigenvalue weighted by atomic mass is 10.1. The molecule has 1 saturated heterocycles. The fourth-order valence-electron chi connectivity index (χ4n) is 3.43. The Hall–Kier alpha value is -3.57. The molecular weight excluding hydrogens is 501 g/mol. The van der Waals surface area contributed by atoms with Crippen LogP contribution in [0.5, 0.6) is 11.6 Å². The second-order valence-electron chi connectivity index (χ2n) is 9.07. The van der Waals surface area contributed by atoms with Crippen LogP contribution in [0.4, 0.5) is 4.39 Å². The predicted molar refractivity (Wildman–Crippen MR) is 133 cm³/mol. The number of nitrogens with zero attached hydrogens (tertiary/aromatic N) is 2. The minimum absolute atomic E-state index is 0.105. The van der Waals surface area contributed by atoms with Crippen molar-refractivity contribution >= 4 is 15.9 Å². The third-order valence-corrected chi connectivity index (χ3v) is 6.65. The van der Waals surface area contributed by atoms with E-state index in [-0.39, 0.29) is 35.1 Å². The Morgan fingerprint density at radius 3 is 2.62 bits per heavy atom. The quantitative estimate of drug-likeness (QED) is 0.420. The average molecular weight is 530 g/mol. The first-order valence-electron chi connectivity index (χ1n) is 11.8. The summed E-state index contributed by atoms with van der Waals surface area (Å²) in [6.07, 6.45) is 0.626. The number of hydrogen-bond donors (Lipinski definition) is 1. The van der Waals surface area contributed by atoms with E-state index in [1.54, 1.807) is 19.1 Å². The largest absolute Gasteiger partial charge is 0.493 e. The standard InChI is InChI=1S/C26H28FN3O6S/c1-16(2)14-35-21-12-18(11-19(27)13-21)23-8-7-22(26(29-23)36-15-20-9-10-34-20)25(31)30-37(32,33)24-6-4-5-17(3)28-24/h4-8,11-13,16,20H,9-10,14-15H2,1-3H3,(H,30,31). The van der Waals surface area contributed by atoms with Gasteiger partial charge in [0.15, 0.2) is 5.03 Å². The number of pyridine rings is 2. The first-order valence-corrected chi connectivity index (χ1v) is 13.3. The smallest absolute Gasteiger partial charge is 0.281 e. The van der Waals surface area contributed by atoms with Crippen molar-refractivity contribution in [3.8, 4) is 22.9 Å². The summed E-state index contributed by atoms with van der Waals surface area (Å²) in [5.41, 5.74) is 1.11. The van der Waals surface area contributed by atoms with Gasteiger partial charge >= 0.3 is 0 Å². The van der Waals surface area contributed by atoms with Crippen LogP contribution in [0, 0.1) is 18.7 Å². The second kappa shape index (κ2) is 11.2. The molecule has 0 spiro atoms. The highest BCUT2D eigenvalue weighted by Crippen LogP contribution is 2.28. The van der Waals surface area contributed by atoms with Crippen LogP contribution in [0.25, 0.3) is 11.3 Å². The molecule has 9 nitrogen and oxygen atoms in total. The number of ether oxygens (including phenoxy) is 3. The number of amides is 1. The molecule has 1 amide bonds. The number of nitrogens with one attached hydrogen (secondary N) is 1. The van der Waals surface area contributed by atoms with Gasteiger partial charge < -0.3 is 14.2 Å². The molecule has 1 aliphatic rings. The summed E-state index contributed by atoms with van der Waals surface area (Å²) in [5, 5.41) is -0.288. The molecule has 0 saturated carbocycles. The van der Waals surface area contributed by atoms with Crippen molar-refractivity contribution in [1.29, 1.82) is 0 Å². The van der Waals surface area contributed by atoms with E-state index < -0.39 is 21.7 Å². The Labute approximate surface area is 215 Å². The van der Waals surface area contributed by atoms with Crippen LogP contribution in [0.15, 0.2) is 53.6 Å². The Balaban J connectivity index is 1.64. The van der Waals surface area contributed by atoms with Gasteiger partial charge in [-0.25, -0.2) is 19.1 Å². The summed E-state index contributed by atoms with van der Waals surface area (Å²) < 4.78 is 58.6. The van der Waals surface area contributed by atoms with Crippen molar-refractivity contribution < 1.29 is 31.8 Å². The number of carbonyl (C=O) groups excluding carboxylic acids is 1. The number of aryl methyl sites for hydroxylation is 1. The maximum atomic E-state index is 14.3. The van der Waals surface area contributed by atoms with Gasteiger partial charge in [0.2, 0.25) is 5.88 Å². The van der Waals surface area contributed by atoms with Gasteiger partial charge in [-0.3, -0.25) is 4.79 Å². The summed E-state index contributed by atoms with van der Waals surface area (Å²) >= 11 is 0. The number of aromatic nitrogens is 2. The van der Waals surface area contributed by atoms with E-state index in [4.69, 9.17) is 14.2 Å². The van der Waals surface area contributed by atoms with Crippen molar-refractivity contribution in [2.24, 2.45) is 5.92 Å². The topological polar surface area (TPSA) is 117 Å². The third kappa shape index (κ3) is 6.80. The van der Waals surface area contributed by atoms with Crippen LogP contribution in [0.3, 0.4) is 0 Å². The normalized spacial score (nSPS) is 15.2. The highest BCUT2D eigenvalue weighted by Gasteiger charge is 2.25. The molecule has 3 heterocycles. The number of halogens is 1. The number of carbonyl (C=O) groups is 1. The molecule has 0 aliphatic carbocycles. The maximum Gasteiger partial charge on any atom is 0.281 e. The monoisotopic (exact) mass is 529 g/mol. The molecule has 1 aliphatic heterocycles. The Kier molecular flexibility index (Phi) is 8.03. The van der Waals surface area contributed by atoms with Crippen LogP contribution in [-0.2, 0) is 14.8 Å². The van der Waals surface area contributed by atoms with Crippen molar-refractivity contribution in [3.05, 3.63) is 65.6 Å². The van der Waals surface area contributed by atoms with E-state index in [1.807, 2.05) is 18.6 Å². The highest BCUT2D eigenvalue weighted by molar-refractivity contribution is 7.90. The van der Waals surface area contributed by atoms with Crippen molar-refractivity contribution in [2.45, 2.75) is 38.3 Å². The van der Waals surface area contributed by atoms with E-state index >= 15 is 0 Å². The lowest BCUT2D eigenvalue weighted by Gasteiger charge is -2.26. The van der Waals surface area contributed by atoms with Crippen LogP contribution in [0.2, 0.25) is 0 Å². The van der Waals surface area contributed by atoms with E-state index in [1.165, 1.54) is 36.4 Å². The molecule has 1 atom stereocenters. The fraction of sp³-hybridized carbons (Fsp3) is 0.346. The van der Waals surface area contributed by atoms with Gasteiger partial charge in [0.25, 0.3) is 15.9 Å². The van der Waals surface area contributed by atoms with Gasteiger partial charge in [0.1, 0.15) is 23.7 Å². The van der Waals surface area contributed by atoms with Crippen LogP contribution in [0.1, 0.15) is 36.3 Å². The van der Waals surface area contributed by atoms with Gasteiger partial charge in [0.05, 0.1) is 18.4 Å². The minimum atomic E-state index is -4.24. The Morgan fingerprint density at radius 1 is 1.16 bits per heavy atom. The van der Waals surface area contributed by atoms with E-state index in [2.05, 4.69) is 9.97 Å². The summed E-state index contributed by atoms with van der Waals surface area (Å²) in [5.74, 6) is -0.960. The first kappa shape index (κ1) is 26.5. The highest BCUT2D eigenvalue weighted by atomic mass is 32.2. The molecule has 4 rings (SSSR count). The molecule has 0 bridgehead atoms. The summed E-state index contributed by atoms with van der Waals surface area (Å²) in [6, 6.07) is 11.5. The van der Waals surface area contributed by atoms with Crippen LogP contribution < -0.4 is 14.2 Å². The number of hydrogen-bond acceptors (Lipinski definition) is 8. The summed E-state index contributed by atoms with van der Waals surface area (Å²) in [7, 11) is -4.24. The Bertz CT molecular complexity index is 1390. The third-order valence-electron chi connectivity index (χ3n) is 5.42. The summed E-state index contributed by atoms with van der Waals surface area (Å²) in [4.78, 5) is 21.4. The summed E-state index contributed by atoms with van der Waals surface area (Å²) in [6.45, 7) is 6.75. The molecule has 0 radical (unpaired) electrons. The van der Waals surface area contributed by atoms with Crippen LogP contribution in [-0.4, -0.2) is 50.2 Å². The molecule has 3 aromatic rings.